The highest BCUT2D eigenvalue weighted by Gasteiger charge is 2.30. The van der Waals surface area contributed by atoms with E-state index in [-0.39, 0.29) is 5.91 Å². The number of fused-ring (bicyclic) bond motifs is 1. The Morgan fingerprint density at radius 1 is 1.11 bits per heavy atom. The number of benzene rings is 2. The zero-order valence-electron chi connectivity index (χ0n) is 16.2. The fourth-order valence-corrected chi connectivity index (χ4v) is 4.42. The van der Waals surface area contributed by atoms with Gasteiger partial charge in [0.1, 0.15) is 6.04 Å². The normalized spacial score (nSPS) is 12.7. The summed E-state index contributed by atoms with van der Waals surface area (Å²) in [6.07, 6.45) is 2.86. The fraction of sp³-hybridized carbons (Fsp3) is 0.300. The van der Waals surface area contributed by atoms with Crippen LogP contribution in [0.25, 0.3) is 11.0 Å². The average Bonchev–Trinajstić information content (AvgIpc) is 3.08. The molecule has 1 heterocycles. The van der Waals surface area contributed by atoms with E-state index >= 15 is 0 Å². The first-order chi connectivity index (χ1) is 13.3. The number of sulfonamides is 1. The molecule has 0 aliphatic rings. The lowest BCUT2D eigenvalue weighted by molar-refractivity contribution is -0.130. The molecule has 1 aromatic heterocycles. The van der Waals surface area contributed by atoms with E-state index in [9.17, 15) is 13.2 Å². The quantitative estimate of drug-likeness (QED) is 0.610. The van der Waals surface area contributed by atoms with Crippen molar-refractivity contribution in [3.63, 3.8) is 0 Å². The smallest absolute Gasteiger partial charge is 0.245 e. The van der Waals surface area contributed by atoms with Crippen molar-refractivity contribution in [2.24, 2.45) is 0 Å². The third-order valence-corrected chi connectivity index (χ3v) is 5.90. The van der Waals surface area contributed by atoms with Crippen molar-refractivity contribution in [2.75, 3.05) is 24.2 Å². The van der Waals surface area contributed by atoms with E-state index < -0.39 is 16.1 Å². The number of amides is 1. The minimum absolute atomic E-state index is 0.265. The number of nitrogens with zero attached hydrogens (tertiary/aromatic N) is 4. The Kier molecular flexibility index (Phi) is 5.69. The van der Waals surface area contributed by atoms with E-state index in [1.165, 1.54) is 4.31 Å². The predicted octanol–water partition coefficient (Wildman–Crippen LogP) is 2.35. The number of para-hydroxylation sites is 3. The van der Waals surface area contributed by atoms with Crippen LogP contribution in [0.1, 0.15) is 6.92 Å². The molecular formula is C20H24N4O3S. The number of likely N-dealkylation sites (N-methyl/N-ethyl adjacent to an activating group) is 1. The zero-order chi connectivity index (χ0) is 20.3. The summed E-state index contributed by atoms with van der Waals surface area (Å²) in [5, 5.41) is 0. The van der Waals surface area contributed by atoms with E-state index in [1.54, 1.807) is 55.5 Å². The number of hydrogen-bond donors (Lipinski definition) is 0. The van der Waals surface area contributed by atoms with Gasteiger partial charge < -0.3 is 9.47 Å². The lowest BCUT2D eigenvalue weighted by atomic mass is 10.2. The number of imidazole rings is 1. The second kappa shape index (κ2) is 8.02. The first-order valence-corrected chi connectivity index (χ1v) is 10.8. The molecule has 1 unspecified atom stereocenters. The van der Waals surface area contributed by atoms with Crippen LogP contribution in [0, 0.1) is 0 Å². The second-order valence-electron chi connectivity index (χ2n) is 6.76. The van der Waals surface area contributed by atoms with Crippen molar-refractivity contribution >= 4 is 32.7 Å². The summed E-state index contributed by atoms with van der Waals surface area (Å²) in [5.74, 6) is -0.265. The van der Waals surface area contributed by atoms with Gasteiger partial charge in [-0.1, -0.05) is 30.3 Å². The van der Waals surface area contributed by atoms with Gasteiger partial charge in [-0.2, -0.15) is 0 Å². The molecule has 0 saturated carbocycles. The second-order valence-corrected chi connectivity index (χ2v) is 8.62. The summed E-state index contributed by atoms with van der Waals surface area (Å²) >= 11 is 0. The molecule has 1 amide bonds. The third kappa shape index (κ3) is 4.17. The summed E-state index contributed by atoms with van der Waals surface area (Å²) in [7, 11) is -1.93. The van der Waals surface area contributed by atoms with E-state index in [4.69, 9.17) is 0 Å². The molecule has 3 aromatic rings. The van der Waals surface area contributed by atoms with Crippen molar-refractivity contribution in [1.82, 2.24) is 14.5 Å². The maximum atomic E-state index is 12.9. The van der Waals surface area contributed by atoms with Gasteiger partial charge in [0, 0.05) is 20.1 Å². The first kappa shape index (κ1) is 19.9. The van der Waals surface area contributed by atoms with Crippen molar-refractivity contribution in [3.8, 4) is 0 Å². The molecule has 1 atom stereocenters. The SMILES string of the molecule is CC(C(=O)N(C)CCn1cnc2ccccc21)N(c1ccccc1)S(C)(=O)=O. The van der Waals surface area contributed by atoms with Crippen molar-refractivity contribution in [3.05, 3.63) is 60.9 Å². The molecule has 7 nitrogen and oxygen atoms in total. The van der Waals surface area contributed by atoms with Crippen LogP contribution in [-0.4, -0.2) is 54.7 Å². The highest BCUT2D eigenvalue weighted by molar-refractivity contribution is 7.92. The van der Waals surface area contributed by atoms with Gasteiger partial charge in [-0.3, -0.25) is 9.10 Å². The number of hydrogen-bond acceptors (Lipinski definition) is 4. The largest absolute Gasteiger partial charge is 0.342 e. The molecule has 0 fully saturated rings. The molecule has 148 valence electrons. The zero-order valence-corrected chi connectivity index (χ0v) is 17.0. The average molecular weight is 401 g/mol. The fourth-order valence-electron chi connectivity index (χ4n) is 3.25. The molecule has 0 spiro atoms. The van der Waals surface area contributed by atoms with Gasteiger partial charge in [0.05, 0.1) is 29.3 Å². The maximum absolute atomic E-state index is 12.9. The van der Waals surface area contributed by atoms with E-state index in [1.807, 2.05) is 28.8 Å². The van der Waals surface area contributed by atoms with Crippen LogP contribution in [0.5, 0.6) is 0 Å². The van der Waals surface area contributed by atoms with Gasteiger partial charge in [0.2, 0.25) is 15.9 Å². The van der Waals surface area contributed by atoms with Crippen LogP contribution in [0.15, 0.2) is 60.9 Å². The minimum atomic E-state index is -3.61. The molecule has 3 rings (SSSR count). The molecule has 0 N–H and O–H groups in total. The lowest BCUT2D eigenvalue weighted by Crippen LogP contribution is -2.48. The standard InChI is InChI=1S/C20H24N4O3S/c1-16(24(28(3,26)27)17-9-5-4-6-10-17)20(25)22(2)13-14-23-15-21-18-11-7-8-12-19(18)23/h4-12,15-16H,13-14H2,1-3H3. The Hall–Kier alpha value is -2.87. The molecule has 0 aliphatic heterocycles. The van der Waals surface area contributed by atoms with Gasteiger partial charge in [-0.15, -0.1) is 0 Å². The minimum Gasteiger partial charge on any atom is -0.342 e. The molecule has 0 aliphatic carbocycles. The number of anilines is 1. The summed E-state index contributed by atoms with van der Waals surface area (Å²) in [4.78, 5) is 18.8. The van der Waals surface area contributed by atoms with Crippen molar-refractivity contribution < 1.29 is 13.2 Å². The van der Waals surface area contributed by atoms with Crippen LogP contribution >= 0.6 is 0 Å². The van der Waals surface area contributed by atoms with Crippen LogP contribution < -0.4 is 4.31 Å². The molecule has 28 heavy (non-hydrogen) atoms. The van der Waals surface area contributed by atoms with Crippen molar-refractivity contribution in [1.29, 1.82) is 0 Å². The van der Waals surface area contributed by atoms with Gasteiger partial charge in [-0.05, 0) is 31.2 Å². The lowest BCUT2D eigenvalue weighted by Gasteiger charge is -2.31. The van der Waals surface area contributed by atoms with Gasteiger partial charge in [-0.25, -0.2) is 13.4 Å². The molecule has 0 saturated heterocycles. The van der Waals surface area contributed by atoms with Crippen LogP contribution in [0.2, 0.25) is 0 Å². The number of carbonyl (C=O) groups is 1. The summed E-state index contributed by atoms with van der Waals surface area (Å²) in [5.41, 5.74) is 2.37. The number of carbonyl (C=O) groups excluding carboxylic acids is 1. The maximum Gasteiger partial charge on any atom is 0.245 e. The van der Waals surface area contributed by atoms with Gasteiger partial charge in [0.15, 0.2) is 0 Å². The highest BCUT2D eigenvalue weighted by atomic mass is 32.2. The topological polar surface area (TPSA) is 75.5 Å². The highest BCUT2D eigenvalue weighted by Crippen LogP contribution is 2.21. The molecule has 0 bridgehead atoms. The molecule has 8 heteroatoms. The monoisotopic (exact) mass is 400 g/mol. The number of rotatable bonds is 7. The third-order valence-electron chi connectivity index (χ3n) is 4.66. The predicted molar refractivity (Wildman–Crippen MR) is 111 cm³/mol. The first-order valence-electron chi connectivity index (χ1n) is 8.98. The summed E-state index contributed by atoms with van der Waals surface area (Å²) in [6.45, 7) is 2.62. The number of aromatic nitrogens is 2. The molecular weight excluding hydrogens is 376 g/mol. The Morgan fingerprint density at radius 2 is 1.75 bits per heavy atom. The van der Waals surface area contributed by atoms with Crippen molar-refractivity contribution in [2.45, 2.75) is 19.5 Å². The Morgan fingerprint density at radius 3 is 2.43 bits per heavy atom. The van der Waals surface area contributed by atoms with Gasteiger partial charge >= 0.3 is 0 Å². The van der Waals surface area contributed by atoms with E-state index in [2.05, 4.69) is 4.98 Å². The van der Waals surface area contributed by atoms with E-state index in [0.29, 0.717) is 18.8 Å². The molecule has 2 aromatic carbocycles. The van der Waals surface area contributed by atoms with Crippen LogP contribution in [-0.2, 0) is 21.4 Å². The summed E-state index contributed by atoms with van der Waals surface area (Å²) in [6, 6.07) is 15.6. The Bertz CT molecular complexity index is 1060. The summed E-state index contributed by atoms with van der Waals surface area (Å²) < 4.78 is 27.8. The Balaban J connectivity index is 1.74. The van der Waals surface area contributed by atoms with Crippen LogP contribution in [0.3, 0.4) is 0 Å². The molecule has 0 radical (unpaired) electrons. The van der Waals surface area contributed by atoms with Crippen LogP contribution in [0.4, 0.5) is 5.69 Å². The van der Waals surface area contributed by atoms with Gasteiger partial charge in [0.25, 0.3) is 0 Å². The van der Waals surface area contributed by atoms with E-state index in [0.717, 1.165) is 17.3 Å². The Labute approximate surface area is 165 Å².